The highest BCUT2D eigenvalue weighted by atomic mass is 79.9. The molecule has 0 aliphatic heterocycles. The number of nitrogens with one attached hydrogen (secondary N) is 1. The van der Waals surface area contributed by atoms with E-state index in [-0.39, 0.29) is 0 Å². The fourth-order valence-electron chi connectivity index (χ4n) is 1.79. The molecule has 2 aromatic rings. The molecule has 1 atom stereocenters. The Hall–Kier alpha value is -0.160. The van der Waals surface area contributed by atoms with Gasteiger partial charge in [-0.25, -0.2) is 0 Å². The summed E-state index contributed by atoms with van der Waals surface area (Å²) in [5.41, 5.74) is 2.55. The molecule has 0 aliphatic rings. The topological polar surface area (TPSA) is 12.0 Å². The van der Waals surface area contributed by atoms with Crippen LogP contribution in [0.2, 0.25) is 0 Å². The van der Waals surface area contributed by atoms with Crippen molar-refractivity contribution in [1.82, 2.24) is 5.32 Å². The van der Waals surface area contributed by atoms with Crippen molar-refractivity contribution in [2.45, 2.75) is 19.5 Å². The van der Waals surface area contributed by atoms with Gasteiger partial charge in [0.1, 0.15) is 0 Å². The lowest BCUT2D eigenvalue weighted by molar-refractivity contribution is 0.574. The molecular formula is C15H14Br3N. The van der Waals surface area contributed by atoms with Crippen molar-refractivity contribution in [3.8, 4) is 0 Å². The van der Waals surface area contributed by atoms with Gasteiger partial charge in [-0.2, -0.15) is 0 Å². The summed E-state index contributed by atoms with van der Waals surface area (Å²) in [6.45, 7) is 3.03. The van der Waals surface area contributed by atoms with Crippen molar-refractivity contribution in [2.24, 2.45) is 0 Å². The molecule has 0 unspecified atom stereocenters. The summed E-state index contributed by atoms with van der Waals surface area (Å²) >= 11 is 10.5. The maximum Gasteiger partial charge on any atom is 0.0320 e. The van der Waals surface area contributed by atoms with Gasteiger partial charge in [0, 0.05) is 26.0 Å². The zero-order chi connectivity index (χ0) is 13.8. The molecule has 100 valence electrons. The van der Waals surface area contributed by atoms with Gasteiger partial charge in [-0.3, -0.25) is 0 Å². The molecule has 4 heteroatoms. The Balaban J connectivity index is 1.98. The van der Waals surface area contributed by atoms with Gasteiger partial charge in [0.25, 0.3) is 0 Å². The minimum Gasteiger partial charge on any atom is -0.306 e. The maximum absolute atomic E-state index is 3.53. The first-order chi connectivity index (χ1) is 9.06. The lowest BCUT2D eigenvalue weighted by atomic mass is 10.1. The highest BCUT2D eigenvalue weighted by Gasteiger charge is 2.05. The highest BCUT2D eigenvalue weighted by Crippen LogP contribution is 2.24. The standard InChI is InChI=1S/C15H14Br3N/c1-10(12-3-5-13(16)6-4-12)19-9-11-2-7-14(17)15(18)8-11/h2-8,10,19H,9H2,1H3/t10-/m1/s1. The van der Waals surface area contributed by atoms with Crippen LogP contribution < -0.4 is 5.32 Å². The summed E-state index contributed by atoms with van der Waals surface area (Å²) in [7, 11) is 0. The Morgan fingerprint density at radius 2 is 1.63 bits per heavy atom. The van der Waals surface area contributed by atoms with Gasteiger partial charge in [0.2, 0.25) is 0 Å². The SMILES string of the molecule is C[C@@H](NCc1ccc(Br)c(Br)c1)c1ccc(Br)cc1. The van der Waals surface area contributed by atoms with Crippen molar-refractivity contribution in [3.63, 3.8) is 0 Å². The zero-order valence-electron chi connectivity index (χ0n) is 10.5. The first kappa shape index (κ1) is 15.2. The van der Waals surface area contributed by atoms with Crippen LogP contribution in [-0.2, 0) is 6.54 Å². The Labute approximate surface area is 139 Å². The molecule has 0 aliphatic carbocycles. The third-order valence-corrected chi connectivity index (χ3v) is 5.37. The zero-order valence-corrected chi connectivity index (χ0v) is 15.2. The number of rotatable bonds is 4. The fraction of sp³-hybridized carbons (Fsp3) is 0.200. The molecule has 0 fully saturated rings. The van der Waals surface area contributed by atoms with E-state index in [1.807, 2.05) is 0 Å². The van der Waals surface area contributed by atoms with Crippen LogP contribution in [0.15, 0.2) is 55.9 Å². The van der Waals surface area contributed by atoms with Gasteiger partial charge >= 0.3 is 0 Å². The Kier molecular flexibility index (Phi) is 5.63. The summed E-state index contributed by atoms with van der Waals surface area (Å²) in [5, 5.41) is 3.53. The third kappa shape index (κ3) is 4.42. The quantitative estimate of drug-likeness (QED) is 0.622. The first-order valence-electron chi connectivity index (χ1n) is 5.99. The van der Waals surface area contributed by atoms with E-state index in [0.29, 0.717) is 6.04 Å². The van der Waals surface area contributed by atoms with E-state index in [1.165, 1.54) is 11.1 Å². The van der Waals surface area contributed by atoms with Crippen molar-refractivity contribution in [1.29, 1.82) is 0 Å². The van der Waals surface area contributed by atoms with Crippen molar-refractivity contribution in [2.75, 3.05) is 0 Å². The van der Waals surface area contributed by atoms with Gasteiger partial charge in [-0.05, 0) is 74.2 Å². The smallest absolute Gasteiger partial charge is 0.0320 e. The largest absolute Gasteiger partial charge is 0.306 e. The van der Waals surface area contributed by atoms with E-state index in [0.717, 1.165) is 20.0 Å². The van der Waals surface area contributed by atoms with Gasteiger partial charge in [-0.15, -0.1) is 0 Å². The van der Waals surface area contributed by atoms with Crippen LogP contribution in [0.4, 0.5) is 0 Å². The second-order valence-electron chi connectivity index (χ2n) is 4.40. The molecule has 2 rings (SSSR count). The van der Waals surface area contributed by atoms with Crippen LogP contribution in [-0.4, -0.2) is 0 Å². The molecule has 0 saturated carbocycles. The number of hydrogen-bond donors (Lipinski definition) is 1. The van der Waals surface area contributed by atoms with Crippen LogP contribution >= 0.6 is 47.8 Å². The van der Waals surface area contributed by atoms with Crippen molar-refractivity contribution >= 4 is 47.8 Å². The number of benzene rings is 2. The average molecular weight is 448 g/mol. The van der Waals surface area contributed by atoms with E-state index >= 15 is 0 Å². The summed E-state index contributed by atoms with van der Waals surface area (Å²) < 4.78 is 3.28. The molecule has 19 heavy (non-hydrogen) atoms. The molecule has 0 amide bonds. The normalized spacial score (nSPS) is 12.4. The van der Waals surface area contributed by atoms with Crippen LogP contribution in [0.3, 0.4) is 0 Å². The number of halogens is 3. The lowest BCUT2D eigenvalue weighted by Gasteiger charge is -2.14. The molecule has 1 nitrogen and oxygen atoms in total. The van der Waals surface area contributed by atoms with E-state index in [9.17, 15) is 0 Å². The highest BCUT2D eigenvalue weighted by molar-refractivity contribution is 9.13. The second kappa shape index (κ2) is 7.02. The molecule has 0 spiro atoms. The Morgan fingerprint density at radius 3 is 2.26 bits per heavy atom. The van der Waals surface area contributed by atoms with Gasteiger partial charge in [0.15, 0.2) is 0 Å². The van der Waals surface area contributed by atoms with Crippen molar-refractivity contribution in [3.05, 3.63) is 67.0 Å². The van der Waals surface area contributed by atoms with Crippen LogP contribution in [0.25, 0.3) is 0 Å². The molecule has 0 bridgehead atoms. The summed E-state index contributed by atoms with van der Waals surface area (Å²) in [4.78, 5) is 0. The van der Waals surface area contributed by atoms with Crippen molar-refractivity contribution < 1.29 is 0 Å². The summed E-state index contributed by atoms with van der Waals surface area (Å²) in [6.07, 6.45) is 0. The van der Waals surface area contributed by atoms with Gasteiger partial charge in [-0.1, -0.05) is 34.1 Å². The summed E-state index contributed by atoms with van der Waals surface area (Å²) in [5.74, 6) is 0. The molecule has 0 radical (unpaired) electrons. The lowest BCUT2D eigenvalue weighted by Crippen LogP contribution is -2.17. The van der Waals surface area contributed by atoms with Crippen LogP contribution in [0.1, 0.15) is 24.1 Å². The van der Waals surface area contributed by atoms with E-state index < -0.39 is 0 Å². The minimum absolute atomic E-state index is 0.329. The molecule has 0 aromatic heterocycles. The monoisotopic (exact) mass is 445 g/mol. The molecular weight excluding hydrogens is 434 g/mol. The van der Waals surface area contributed by atoms with Crippen LogP contribution in [0, 0.1) is 0 Å². The average Bonchev–Trinajstić information content (AvgIpc) is 2.40. The van der Waals surface area contributed by atoms with E-state index in [2.05, 4.69) is 102 Å². The fourth-order valence-corrected chi connectivity index (χ4v) is 2.73. The number of hydrogen-bond acceptors (Lipinski definition) is 1. The van der Waals surface area contributed by atoms with E-state index in [1.54, 1.807) is 0 Å². The first-order valence-corrected chi connectivity index (χ1v) is 8.37. The second-order valence-corrected chi connectivity index (χ2v) is 7.03. The summed E-state index contributed by atoms with van der Waals surface area (Å²) in [6, 6.07) is 15.1. The van der Waals surface area contributed by atoms with E-state index in [4.69, 9.17) is 0 Å². The minimum atomic E-state index is 0.329. The molecule has 2 aromatic carbocycles. The maximum atomic E-state index is 3.53. The third-order valence-electron chi connectivity index (χ3n) is 2.97. The molecule has 0 saturated heterocycles. The van der Waals surface area contributed by atoms with Gasteiger partial charge < -0.3 is 5.32 Å². The Bertz CT molecular complexity index is 552. The molecule has 1 N–H and O–H groups in total. The predicted molar refractivity (Wildman–Crippen MR) is 91.2 cm³/mol. The Morgan fingerprint density at radius 1 is 0.947 bits per heavy atom. The predicted octanol–water partition coefficient (Wildman–Crippen LogP) is 5.82. The van der Waals surface area contributed by atoms with Crippen LogP contribution in [0.5, 0.6) is 0 Å². The van der Waals surface area contributed by atoms with Gasteiger partial charge in [0.05, 0.1) is 0 Å². The molecule has 0 heterocycles.